The van der Waals surface area contributed by atoms with E-state index in [1.165, 1.54) is 5.56 Å². The number of hydrogen-bond acceptors (Lipinski definition) is 3. The fourth-order valence-corrected chi connectivity index (χ4v) is 1.92. The molecule has 0 heterocycles. The third-order valence-electron chi connectivity index (χ3n) is 3.16. The molecule has 5 heteroatoms. The summed E-state index contributed by atoms with van der Waals surface area (Å²) in [5, 5.41) is 2.88. The van der Waals surface area contributed by atoms with Gasteiger partial charge in [0.2, 0.25) is 5.91 Å². The van der Waals surface area contributed by atoms with E-state index < -0.39 is 0 Å². The summed E-state index contributed by atoms with van der Waals surface area (Å²) in [6, 6.07) is 7.63. The van der Waals surface area contributed by atoms with E-state index in [1.54, 1.807) is 0 Å². The van der Waals surface area contributed by atoms with Gasteiger partial charge in [-0.05, 0) is 36.5 Å². The Bertz CT molecular complexity index is 421. The zero-order valence-electron chi connectivity index (χ0n) is 13.8. The Morgan fingerprint density at radius 2 is 1.91 bits per heavy atom. The van der Waals surface area contributed by atoms with Gasteiger partial charge in [-0.1, -0.05) is 39.3 Å². The molecule has 0 radical (unpaired) electrons. The number of ether oxygens (including phenoxy) is 1. The van der Waals surface area contributed by atoms with Gasteiger partial charge in [-0.2, -0.15) is 0 Å². The molecule has 4 nitrogen and oxygen atoms in total. The smallest absolute Gasteiger partial charge is 0.236 e. The van der Waals surface area contributed by atoms with Crippen molar-refractivity contribution in [3.8, 4) is 5.75 Å². The fourth-order valence-electron chi connectivity index (χ4n) is 1.92. The molecular weight excluding hydrogens is 300 g/mol. The van der Waals surface area contributed by atoms with Crippen LogP contribution < -0.4 is 15.8 Å². The maximum atomic E-state index is 11.7. The van der Waals surface area contributed by atoms with Gasteiger partial charge in [0.05, 0.1) is 12.6 Å². The zero-order chi connectivity index (χ0) is 15.7. The van der Waals surface area contributed by atoms with Crippen molar-refractivity contribution in [3.63, 3.8) is 0 Å². The van der Waals surface area contributed by atoms with Gasteiger partial charge in [-0.25, -0.2) is 0 Å². The molecule has 1 aromatic rings. The average Bonchev–Trinajstić information content (AvgIpc) is 2.46. The summed E-state index contributed by atoms with van der Waals surface area (Å²) in [5.41, 5.74) is 6.93. The lowest BCUT2D eigenvalue weighted by atomic mass is 10.1. The highest BCUT2D eigenvalue weighted by Gasteiger charge is 2.10. The minimum atomic E-state index is -0.387. The van der Waals surface area contributed by atoms with Crippen molar-refractivity contribution in [2.45, 2.75) is 46.1 Å². The molecule has 0 spiro atoms. The van der Waals surface area contributed by atoms with Crippen molar-refractivity contribution in [2.24, 2.45) is 11.7 Å². The summed E-state index contributed by atoms with van der Waals surface area (Å²) in [6.45, 7) is 7.61. The number of hydrogen-bond donors (Lipinski definition) is 2. The van der Waals surface area contributed by atoms with Crippen molar-refractivity contribution in [1.29, 1.82) is 0 Å². The summed E-state index contributed by atoms with van der Waals surface area (Å²) in [7, 11) is 0. The van der Waals surface area contributed by atoms with Crippen LogP contribution in [0.25, 0.3) is 0 Å². The van der Waals surface area contributed by atoms with Gasteiger partial charge in [0.25, 0.3) is 0 Å². The first kappa shape index (κ1) is 20.7. The van der Waals surface area contributed by atoms with E-state index in [0.717, 1.165) is 31.6 Å². The predicted molar refractivity (Wildman–Crippen MR) is 93.6 cm³/mol. The topological polar surface area (TPSA) is 64.4 Å². The third-order valence-corrected chi connectivity index (χ3v) is 3.16. The summed E-state index contributed by atoms with van der Waals surface area (Å²) >= 11 is 0. The van der Waals surface area contributed by atoms with Crippen LogP contribution in [0, 0.1) is 5.92 Å². The Morgan fingerprint density at radius 3 is 2.45 bits per heavy atom. The number of halogens is 1. The summed E-state index contributed by atoms with van der Waals surface area (Å²) in [6.07, 6.45) is 2.45. The molecule has 0 saturated carbocycles. The van der Waals surface area contributed by atoms with E-state index in [-0.39, 0.29) is 24.4 Å². The van der Waals surface area contributed by atoms with Crippen molar-refractivity contribution in [2.75, 3.05) is 13.2 Å². The standard InChI is InChI=1S/C17H28N2O2.ClH/c1-4-5-16(18)17(20)19-11-10-14-6-8-15(9-7-14)21-12-13(2)3;/h6-9,13,16H,4-5,10-12,18H2,1-3H3,(H,19,20);1H. The number of carbonyl (C=O) groups excluding carboxylic acids is 1. The van der Waals surface area contributed by atoms with Gasteiger partial charge >= 0.3 is 0 Å². The first-order valence-corrected chi connectivity index (χ1v) is 7.78. The van der Waals surface area contributed by atoms with Crippen LogP contribution in [-0.2, 0) is 11.2 Å². The Balaban J connectivity index is 0.00000441. The minimum absolute atomic E-state index is 0. The van der Waals surface area contributed by atoms with E-state index in [4.69, 9.17) is 10.5 Å². The first-order valence-electron chi connectivity index (χ1n) is 7.78. The van der Waals surface area contributed by atoms with Crippen LogP contribution in [0.1, 0.15) is 39.2 Å². The molecule has 1 aromatic carbocycles. The lowest BCUT2D eigenvalue weighted by Gasteiger charge is -2.11. The van der Waals surface area contributed by atoms with Gasteiger partial charge in [-0.3, -0.25) is 4.79 Å². The van der Waals surface area contributed by atoms with Crippen LogP contribution in [0.3, 0.4) is 0 Å². The highest BCUT2D eigenvalue weighted by Crippen LogP contribution is 2.13. The van der Waals surface area contributed by atoms with Gasteiger partial charge in [0, 0.05) is 6.54 Å². The van der Waals surface area contributed by atoms with Crippen molar-refractivity contribution in [3.05, 3.63) is 29.8 Å². The SMILES string of the molecule is CCCC(N)C(=O)NCCc1ccc(OCC(C)C)cc1.Cl. The second-order valence-electron chi connectivity index (χ2n) is 5.78. The van der Waals surface area contributed by atoms with Crippen molar-refractivity contribution in [1.82, 2.24) is 5.32 Å². The fraction of sp³-hybridized carbons (Fsp3) is 0.588. The molecule has 0 aliphatic carbocycles. The molecule has 22 heavy (non-hydrogen) atoms. The monoisotopic (exact) mass is 328 g/mol. The Kier molecular flexibility index (Phi) is 10.7. The molecule has 1 unspecified atom stereocenters. The molecule has 0 fully saturated rings. The number of nitrogens with one attached hydrogen (secondary N) is 1. The molecule has 3 N–H and O–H groups in total. The molecule has 0 saturated heterocycles. The van der Waals surface area contributed by atoms with E-state index >= 15 is 0 Å². The average molecular weight is 329 g/mol. The number of rotatable bonds is 9. The molecule has 0 bridgehead atoms. The molecule has 126 valence electrons. The van der Waals surface area contributed by atoms with Crippen LogP contribution in [-0.4, -0.2) is 25.1 Å². The normalized spacial score (nSPS) is 11.7. The molecule has 0 aliphatic rings. The van der Waals surface area contributed by atoms with Crippen LogP contribution in [0.5, 0.6) is 5.75 Å². The van der Waals surface area contributed by atoms with Crippen LogP contribution in [0.2, 0.25) is 0 Å². The number of nitrogens with two attached hydrogens (primary N) is 1. The van der Waals surface area contributed by atoms with Gasteiger partial charge in [0.1, 0.15) is 5.75 Å². The predicted octanol–water partition coefficient (Wildman–Crippen LogP) is 2.93. The summed E-state index contributed by atoms with van der Waals surface area (Å²) in [5.74, 6) is 1.35. The van der Waals surface area contributed by atoms with Gasteiger partial charge in [-0.15, -0.1) is 12.4 Å². The van der Waals surface area contributed by atoms with E-state index in [1.807, 2.05) is 31.2 Å². The van der Waals surface area contributed by atoms with Crippen LogP contribution >= 0.6 is 12.4 Å². The Hall–Kier alpha value is -1.26. The highest BCUT2D eigenvalue weighted by molar-refractivity contribution is 5.85. The summed E-state index contributed by atoms with van der Waals surface area (Å²) < 4.78 is 5.64. The lowest BCUT2D eigenvalue weighted by Crippen LogP contribution is -2.41. The molecular formula is C17H29ClN2O2. The molecule has 1 atom stereocenters. The molecule has 0 aromatic heterocycles. The maximum absolute atomic E-state index is 11.7. The Morgan fingerprint density at radius 1 is 1.27 bits per heavy atom. The quantitative estimate of drug-likeness (QED) is 0.732. The molecule has 1 amide bonds. The van der Waals surface area contributed by atoms with Crippen LogP contribution in [0.4, 0.5) is 0 Å². The lowest BCUT2D eigenvalue weighted by molar-refractivity contribution is -0.122. The number of benzene rings is 1. The Labute approximate surface area is 140 Å². The van der Waals surface area contributed by atoms with E-state index in [9.17, 15) is 4.79 Å². The maximum Gasteiger partial charge on any atom is 0.236 e. The molecule has 1 rings (SSSR count). The summed E-state index contributed by atoms with van der Waals surface area (Å²) in [4.78, 5) is 11.7. The van der Waals surface area contributed by atoms with Crippen molar-refractivity contribution >= 4 is 18.3 Å². The second-order valence-corrected chi connectivity index (χ2v) is 5.78. The molecule has 0 aliphatic heterocycles. The minimum Gasteiger partial charge on any atom is -0.493 e. The van der Waals surface area contributed by atoms with Crippen LogP contribution in [0.15, 0.2) is 24.3 Å². The number of amides is 1. The highest BCUT2D eigenvalue weighted by atomic mass is 35.5. The third kappa shape index (κ3) is 8.25. The van der Waals surface area contributed by atoms with Gasteiger partial charge in [0.15, 0.2) is 0 Å². The number of carbonyl (C=O) groups is 1. The first-order chi connectivity index (χ1) is 10.0. The second kappa shape index (κ2) is 11.3. The van der Waals surface area contributed by atoms with E-state index in [2.05, 4.69) is 19.2 Å². The van der Waals surface area contributed by atoms with E-state index in [0.29, 0.717) is 12.5 Å². The largest absolute Gasteiger partial charge is 0.493 e. The van der Waals surface area contributed by atoms with Gasteiger partial charge < -0.3 is 15.8 Å². The zero-order valence-corrected chi connectivity index (χ0v) is 14.6. The van der Waals surface area contributed by atoms with Crippen molar-refractivity contribution < 1.29 is 9.53 Å².